The van der Waals surface area contributed by atoms with Gasteiger partial charge in [0.1, 0.15) is 0 Å². The maximum absolute atomic E-state index is 11.9. The molecule has 1 aliphatic rings. The fourth-order valence-corrected chi connectivity index (χ4v) is 1.99. The average molecular weight is 254 g/mol. The predicted molar refractivity (Wildman–Crippen MR) is 70.4 cm³/mol. The first-order valence-electron chi connectivity index (χ1n) is 6.21. The molecule has 0 spiro atoms. The highest BCUT2D eigenvalue weighted by atomic mass is 16.6. The number of aromatic nitrogens is 1. The molecule has 0 aliphatic carbocycles. The van der Waals surface area contributed by atoms with E-state index in [0.717, 1.165) is 11.1 Å². The number of ether oxygens (including phenoxy) is 1. The third-order valence-electron chi connectivity index (χ3n) is 3.06. The lowest BCUT2D eigenvalue weighted by atomic mass is 10.00. The van der Waals surface area contributed by atoms with Crippen LogP contribution in [0.1, 0.15) is 17.2 Å². The number of hydrogen-bond donors (Lipinski definition) is 1. The zero-order valence-electron chi connectivity index (χ0n) is 10.3. The minimum Gasteiger partial charge on any atom is -0.363 e. The highest BCUT2D eigenvalue weighted by Gasteiger charge is 2.33. The smallest absolute Gasteiger partial charge is 0.252 e. The summed E-state index contributed by atoms with van der Waals surface area (Å²) in [5.74, 6) is -0.0716. The summed E-state index contributed by atoms with van der Waals surface area (Å²) in [6, 6.07) is 13.5. The minimum absolute atomic E-state index is 0.0716. The second-order valence-corrected chi connectivity index (χ2v) is 4.46. The zero-order valence-corrected chi connectivity index (χ0v) is 10.3. The van der Waals surface area contributed by atoms with Crippen molar-refractivity contribution in [3.63, 3.8) is 0 Å². The topological polar surface area (TPSA) is 54.5 Å². The van der Waals surface area contributed by atoms with E-state index in [0.29, 0.717) is 6.61 Å². The molecule has 1 amide bonds. The summed E-state index contributed by atoms with van der Waals surface area (Å²) in [5.41, 5.74) is 1.99. The fraction of sp³-hybridized carbons (Fsp3) is 0.200. The van der Waals surface area contributed by atoms with Crippen LogP contribution < -0.4 is 5.32 Å². The summed E-state index contributed by atoms with van der Waals surface area (Å²) < 4.78 is 5.02. The fourth-order valence-electron chi connectivity index (χ4n) is 1.99. The molecule has 0 bridgehead atoms. The van der Waals surface area contributed by atoms with Crippen LogP contribution in [0.4, 0.5) is 0 Å². The number of carbonyl (C=O) groups is 1. The summed E-state index contributed by atoms with van der Waals surface area (Å²) in [4.78, 5) is 16.0. The van der Waals surface area contributed by atoms with Crippen molar-refractivity contribution in [2.45, 2.75) is 12.1 Å². The molecule has 1 N–H and O–H groups in total. The van der Waals surface area contributed by atoms with E-state index >= 15 is 0 Å². The van der Waals surface area contributed by atoms with Crippen molar-refractivity contribution in [3.8, 4) is 0 Å². The Morgan fingerprint density at radius 2 is 1.95 bits per heavy atom. The van der Waals surface area contributed by atoms with E-state index in [4.69, 9.17) is 4.74 Å². The van der Waals surface area contributed by atoms with E-state index in [1.807, 2.05) is 42.5 Å². The lowest BCUT2D eigenvalue weighted by Crippen LogP contribution is -2.32. The van der Waals surface area contributed by atoms with Crippen LogP contribution in [-0.2, 0) is 9.53 Å². The number of epoxide rings is 1. The van der Waals surface area contributed by atoms with Gasteiger partial charge in [0.2, 0.25) is 0 Å². The molecule has 1 fully saturated rings. The summed E-state index contributed by atoms with van der Waals surface area (Å²) >= 11 is 0. The third-order valence-corrected chi connectivity index (χ3v) is 3.06. The van der Waals surface area contributed by atoms with Crippen molar-refractivity contribution < 1.29 is 9.53 Å². The quantitative estimate of drug-likeness (QED) is 0.845. The SMILES string of the molecule is O=C(NC(c1ccccc1)c1cccnc1)C1CO1. The molecular weight excluding hydrogens is 240 g/mol. The number of carbonyl (C=O) groups excluding carboxylic acids is 1. The van der Waals surface area contributed by atoms with Gasteiger partial charge >= 0.3 is 0 Å². The van der Waals surface area contributed by atoms with Crippen molar-refractivity contribution >= 4 is 5.91 Å². The van der Waals surface area contributed by atoms with Crippen molar-refractivity contribution in [1.82, 2.24) is 10.3 Å². The number of nitrogens with one attached hydrogen (secondary N) is 1. The molecule has 4 nitrogen and oxygen atoms in total. The Morgan fingerprint density at radius 1 is 1.21 bits per heavy atom. The van der Waals surface area contributed by atoms with Crippen LogP contribution in [0.2, 0.25) is 0 Å². The van der Waals surface area contributed by atoms with Crippen molar-refractivity contribution in [3.05, 3.63) is 66.0 Å². The minimum atomic E-state index is -0.289. The summed E-state index contributed by atoms with van der Waals surface area (Å²) in [7, 11) is 0. The number of rotatable bonds is 4. The first kappa shape index (κ1) is 11.9. The maximum atomic E-state index is 11.9. The molecule has 2 aromatic rings. The summed E-state index contributed by atoms with van der Waals surface area (Å²) in [6.45, 7) is 0.514. The molecule has 96 valence electrons. The Morgan fingerprint density at radius 3 is 2.58 bits per heavy atom. The molecule has 1 aromatic carbocycles. The van der Waals surface area contributed by atoms with Crippen LogP contribution in [0, 0.1) is 0 Å². The Balaban J connectivity index is 1.89. The predicted octanol–water partition coefficient (Wildman–Crippen LogP) is 1.69. The van der Waals surface area contributed by atoms with Crippen molar-refractivity contribution in [2.75, 3.05) is 6.61 Å². The van der Waals surface area contributed by atoms with Gasteiger partial charge in [-0.1, -0.05) is 36.4 Å². The van der Waals surface area contributed by atoms with Gasteiger partial charge in [-0.05, 0) is 17.2 Å². The highest BCUT2D eigenvalue weighted by Crippen LogP contribution is 2.22. The number of pyridine rings is 1. The van der Waals surface area contributed by atoms with E-state index in [1.165, 1.54) is 0 Å². The Labute approximate surface area is 111 Å². The zero-order chi connectivity index (χ0) is 13.1. The standard InChI is InChI=1S/C15H14N2O2/c18-15(13-10-19-13)17-14(11-5-2-1-3-6-11)12-7-4-8-16-9-12/h1-9,13-14H,10H2,(H,17,18). The van der Waals surface area contributed by atoms with Crippen LogP contribution in [-0.4, -0.2) is 23.6 Å². The lowest BCUT2D eigenvalue weighted by Gasteiger charge is -2.18. The van der Waals surface area contributed by atoms with Gasteiger partial charge in [-0.3, -0.25) is 9.78 Å². The molecule has 4 heteroatoms. The van der Waals surface area contributed by atoms with Crippen molar-refractivity contribution in [1.29, 1.82) is 0 Å². The van der Waals surface area contributed by atoms with Crippen LogP contribution in [0.3, 0.4) is 0 Å². The maximum Gasteiger partial charge on any atom is 0.252 e. The Kier molecular flexibility index (Phi) is 3.25. The summed E-state index contributed by atoms with van der Waals surface area (Å²) in [6.07, 6.45) is 3.20. The molecule has 1 aromatic heterocycles. The summed E-state index contributed by atoms with van der Waals surface area (Å²) in [5, 5.41) is 3.01. The third kappa shape index (κ3) is 2.80. The van der Waals surface area contributed by atoms with Gasteiger partial charge in [-0.15, -0.1) is 0 Å². The first-order chi connectivity index (χ1) is 9.34. The normalized spacial score (nSPS) is 18.6. The molecule has 2 atom stereocenters. The van der Waals surface area contributed by atoms with E-state index in [1.54, 1.807) is 12.4 Å². The number of hydrogen-bond acceptors (Lipinski definition) is 3. The Hall–Kier alpha value is -2.20. The van der Waals surface area contributed by atoms with Crippen LogP contribution in [0.25, 0.3) is 0 Å². The van der Waals surface area contributed by atoms with Crippen LogP contribution >= 0.6 is 0 Å². The molecule has 1 aliphatic heterocycles. The van der Waals surface area contributed by atoms with Gasteiger partial charge in [0, 0.05) is 12.4 Å². The van der Waals surface area contributed by atoms with Gasteiger partial charge in [-0.2, -0.15) is 0 Å². The molecular formula is C15H14N2O2. The van der Waals surface area contributed by atoms with E-state index in [9.17, 15) is 4.79 Å². The second-order valence-electron chi connectivity index (χ2n) is 4.46. The molecule has 0 saturated carbocycles. The van der Waals surface area contributed by atoms with Gasteiger partial charge in [0.15, 0.2) is 6.10 Å². The molecule has 19 heavy (non-hydrogen) atoms. The van der Waals surface area contributed by atoms with Gasteiger partial charge in [0.05, 0.1) is 12.6 Å². The lowest BCUT2D eigenvalue weighted by molar-refractivity contribution is -0.122. The molecule has 0 radical (unpaired) electrons. The molecule has 1 saturated heterocycles. The monoisotopic (exact) mass is 254 g/mol. The number of amides is 1. The van der Waals surface area contributed by atoms with Crippen molar-refractivity contribution in [2.24, 2.45) is 0 Å². The van der Waals surface area contributed by atoms with E-state index in [2.05, 4.69) is 10.3 Å². The Bertz CT molecular complexity index is 513. The molecule has 3 rings (SSSR count). The van der Waals surface area contributed by atoms with E-state index < -0.39 is 0 Å². The number of benzene rings is 1. The highest BCUT2D eigenvalue weighted by molar-refractivity contribution is 5.83. The average Bonchev–Trinajstić information content (AvgIpc) is 3.31. The van der Waals surface area contributed by atoms with Gasteiger partial charge in [-0.25, -0.2) is 0 Å². The molecule has 2 heterocycles. The van der Waals surface area contributed by atoms with Gasteiger partial charge in [0.25, 0.3) is 5.91 Å². The second kappa shape index (κ2) is 5.20. The number of nitrogens with zero attached hydrogens (tertiary/aromatic N) is 1. The largest absolute Gasteiger partial charge is 0.363 e. The first-order valence-corrected chi connectivity index (χ1v) is 6.21. The van der Waals surface area contributed by atoms with Crippen LogP contribution in [0.15, 0.2) is 54.9 Å². The molecule has 2 unspecified atom stereocenters. The van der Waals surface area contributed by atoms with Crippen LogP contribution in [0.5, 0.6) is 0 Å². The van der Waals surface area contributed by atoms with E-state index in [-0.39, 0.29) is 18.1 Å². The van der Waals surface area contributed by atoms with Gasteiger partial charge < -0.3 is 10.1 Å².